The number of halogens is 1. The quantitative estimate of drug-likeness (QED) is 0.532. The summed E-state index contributed by atoms with van der Waals surface area (Å²) in [6.07, 6.45) is 1.84. The minimum absolute atomic E-state index is 0.0301. The van der Waals surface area contributed by atoms with Crippen LogP contribution in [0.4, 0.5) is 14.9 Å². The normalized spacial score (nSPS) is 21.7. The lowest BCUT2D eigenvalue weighted by atomic mass is 9.74. The first-order chi connectivity index (χ1) is 17.6. The standard InChI is InChI=1S/C30H30FN3O2/c31-25-9-6-10-26(19-25)32-30(36)33-17-4-5-18-34-27(20-33)29(28(34)21-35)24-15-13-23(14-16-24)12-11-22-7-2-1-3-8-22/h1-3,6-10,13-16,19,27-29,35H,4-5,17-18,20-21H2,(H,32,36)/t27-,28+,29+/m1/s1. The van der Waals surface area contributed by atoms with Crippen molar-refractivity contribution in [2.45, 2.75) is 30.8 Å². The molecule has 0 radical (unpaired) electrons. The van der Waals surface area contributed by atoms with E-state index in [1.54, 1.807) is 12.1 Å². The zero-order chi connectivity index (χ0) is 24.9. The smallest absolute Gasteiger partial charge is 0.321 e. The van der Waals surface area contributed by atoms with Crippen molar-refractivity contribution in [3.63, 3.8) is 0 Å². The number of carbonyl (C=O) groups excluding carboxylic acids is 1. The van der Waals surface area contributed by atoms with Gasteiger partial charge >= 0.3 is 6.03 Å². The molecule has 36 heavy (non-hydrogen) atoms. The van der Waals surface area contributed by atoms with Gasteiger partial charge in [0.25, 0.3) is 0 Å². The molecule has 3 atom stereocenters. The molecule has 6 heteroatoms. The van der Waals surface area contributed by atoms with Gasteiger partial charge in [-0.25, -0.2) is 9.18 Å². The third kappa shape index (κ3) is 5.28. The van der Waals surface area contributed by atoms with Crippen molar-refractivity contribution in [1.82, 2.24) is 9.80 Å². The van der Waals surface area contributed by atoms with E-state index in [1.807, 2.05) is 47.4 Å². The van der Waals surface area contributed by atoms with Crippen molar-refractivity contribution in [2.75, 3.05) is 31.6 Å². The number of anilines is 1. The van der Waals surface area contributed by atoms with E-state index in [9.17, 15) is 14.3 Å². The number of amides is 2. The first-order valence-electron chi connectivity index (χ1n) is 12.5. The summed E-state index contributed by atoms with van der Waals surface area (Å²) in [5.41, 5.74) is 3.51. The van der Waals surface area contributed by atoms with Crippen molar-refractivity contribution in [2.24, 2.45) is 0 Å². The fraction of sp³-hybridized carbons (Fsp3) is 0.300. The molecule has 2 N–H and O–H groups in total. The molecule has 2 amide bonds. The van der Waals surface area contributed by atoms with Gasteiger partial charge in [0.1, 0.15) is 5.82 Å². The van der Waals surface area contributed by atoms with Gasteiger partial charge in [-0.05, 0) is 67.4 Å². The Morgan fingerprint density at radius 1 is 0.944 bits per heavy atom. The van der Waals surface area contributed by atoms with Gasteiger partial charge in [0.05, 0.1) is 6.61 Å². The molecular weight excluding hydrogens is 453 g/mol. The van der Waals surface area contributed by atoms with E-state index in [1.165, 1.54) is 12.1 Å². The first kappa shape index (κ1) is 24.1. The molecule has 2 aliphatic heterocycles. The Kier molecular flexibility index (Phi) is 7.31. The van der Waals surface area contributed by atoms with E-state index in [0.717, 1.165) is 36.1 Å². The average Bonchev–Trinajstić information content (AvgIpc) is 2.88. The number of carbonyl (C=O) groups is 1. The van der Waals surface area contributed by atoms with Crippen LogP contribution >= 0.6 is 0 Å². The van der Waals surface area contributed by atoms with Gasteiger partial charge in [-0.3, -0.25) is 4.90 Å². The summed E-state index contributed by atoms with van der Waals surface area (Å²) in [5.74, 6) is 6.14. The van der Waals surface area contributed by atoms with Gasteiger partial charge in [0, 0.05) is 47.9 Å². The molecule has 0 aliphatic carbocycles. The molecule has 184 valence electrons. The lowest BCUT2D eigenvalue weighted by Crippen LogP contribution is -2.68. The summed E-state index contributed by atoms with van der Waals surface area (Å²) in [6, 6.07) is 24.0. The number of fused-ring (bicyclic) bond motifs is 1. The Morgan fingerprint density at radius 3 is 2.39 bits per heavy atom. The topological polar surface area (TPSA) is 55.8 Å². The van der Waals surface area contributed by atoms with Crippen LogP contribution in [-0.4, -0.2) is 59.3 Å². The van der Waals surface area contributed by atoms with Crippen LogP contribution in [0.5, 0.6) is 0 Å². The molecule has 0 aromatic heterocycles. The summed E-state index contributed by atoms with van der Waals surface area (Å²) in [6.45, 7) is 2.19. The van der Waals surface area contributed by atoms with Crippen LogP contribution in [0.25, 0.3) is 0 Å². The van der Waals surface area contributed by atoms with Crippen LogP contribution in [0.1, 0.15) is 35.4 Å². The number of aliphatic hydroxyl groups is 1. The van der Waals surface area contributed by atoms with Crippen LogP contribution in [0.15, 0.2) is 78.9 Å². The van der Waals surface area contributed by atoms with Crippen LogP contribution in [0.3, 0.4) is 0 Å². The van der Waals surface area contributed by atoms with Crippen molar-refractivity contribution in [3.8, 4) is 11.8 Å². The lowest BCUT2D eigenvalue weighted by Gasteiger charge is -2.57. The Labute approximate surface area is 211 Å². The number of urea groups is 1. The summed E-state index contributed by atoms with van der Waals surface area (Å²) in [4.78, 5) is 17.2. The molecule has 3 aromatic rings. The van der Waals surface area contributed by atoms with E-state index in [-0.39, 0.29) is 36.5 Å². The minimum Gasteiger partial charge on any atom is -0.395 e. The van der Waals surface area contributed by atoms with Crippen LogP contribution in [-0.2, 0) is 0 Å². The number of aliphatic hydroxyl groups excluding tert-OH is 1. The van der Waals surface area contributed by atoms with Crippen LogP contribution in [0.2, 0.25) is 0 Å². The molecule has 0 saturated carbocycles. The first-order valence-corrected chi connectivity index (χ1v) is 12.5. The number of nitrogens with zero attached hydrogens (tertiary/aromatic N) is 2. The highest BCUT2D eigenvalue weighted by Gasteiger charge is 2.49. The lowest BCUT2D eigenvalue weighted by molar-refractivity contribution is -0.0585. The maximum absolute atomic E-state index is 13.6. The summed E-state index contributed by atoms with van der Waals surface area (Å²) < 4.78 is 13.6. The highest BCUT2D eigenvalue weighted by Crippen LogP contribution is 2.42. The van der Waals surface area contributed by atoms with Crippen molar-refractivity contribution >= 4 is 11.7 Å². The Morgan fingerprint density at radius 2 is 1.67 bits per heavy atom. The Balaban J connectivity index is 1.32. The average molecular weight is 484 g/mol. The van der Waals surface area contributed by atoms with Crippen LogP contribution in [0, 0.1) is 17.7 Å². The SMILES string of the molecule is O=C(Nc1cccc(F)c1)N1CCCCN2[C@H](C1)[C@H](c1ccc(C#Cc3ccccc3)cc1)[C@@H]2CO. The molecule has 5 nitrogen and oxygen atoms in total. The molecule has 0 unspecified atom stereocenters. The molecule has 2 heterocycles. The predicted octanol–water partition coefficient (Wildman–Crippen LogP) is 4.68. The maximum Gasteiger partial charge on any atom is 0.321 e. The maximum atomic E-state index is 13.6. The number of hydrogen-bond donors (Lipinski definition) is 2. The van der Waals surface area contributed by atoms with E-state index >= 15 is 0 Å². The molecule has 2 fully saturated rings. The van der Waals surface area contributed by atoms with Gasteiger partial charge in [-0.1, -0.05) is 48.2 Å². The monoisotopic (exact) mass is 483 g/mol. The Hall–Kier alpha value is -3.66. The number of hydrogen-bond acceptors (Lipinski definition) is 3. The predicted molar refractivity (Wildman–Crippen MR) is 139 cm³/mol. The summed E-state index contributed by atoms with van der Waals surface area (Å²) in [5, 5.41) is 13.0. The molecule has 2 aliphatic rings. The molecule has 0 bridgehead atoms. The second-order valence-electron chi connectivity index (χ2n) is 9.41. The Bertz CT molecular complexity index is 1250. The zero-order valence-electron chi connectivity index (χ0n) is 20.1. The van der Waals surface area contributed by atoms with E-state index in [4.69, 9.17) is 0 Å². The molecule has 0 spiro atoms. The van der Waals surface area contributed by atoms with Crippen LogP contribution < -0.4 is 5.32 Å². The van der Waals surface area contributed by atoms with Gasteiger partial charge < -0.3 is 15.3 Å². The number of nitrogens with one attached hydrogen (secondary N) is 1. The van der Waals surface area contributed by atoms with Crippen molar-refractivity contribution in [1.29, 1.82) is 0 Å². The van der Waals surface area contributed by atoms with Gasteiger partial charge in [-0.2, -0.15) is 0 Å². The number of rotatable bonds is 3. The highest BCUT2D eigenvalue weighted by atomic mass is 19.1. The van der Waals surface area contributed by atoms with Gasteiger partial charge in [0.15, 0.2) is 0 Å². The molecular formula is C30H30FN3O2. The fourth-order valence-electron chi connectivity index (χ4n) is 5.35. The molecule has 3 aromatic carbocycles. The largest absolute Gasteiger partial charge is 0.395 e. The van der Waals surface area contributed by atoms with Crippen molar-refractivity contribution in [3.05, 3.63) is 101 Å². The second kappa shape index (κ2) is 10.9. The molecule has 5 rings (SSSR count). The van der Waals surface area contributed by atoms with Gasteiger partial charge in [0.2, 0.25) is 0 Å². The third-order valence-corrected chi connectivity index (χ3v) is 7.15. The van der Waals surface area contributed by atoms with Crippen molar-refractivity contribution < 1.29 is 14.3 Å². The summed E-state index contributed by atoms with van der Waals surface area (Å²) >= 11 is 0. The number of benzene rings is 3. The van der Waals surface area contributed by atoms with E-state index in [0.29, 0.717) is 18.8 Å². The second-order valence-corrected chi connectivity index (χ2v) is 9.41. The highest BCUT2D eigenvalue weighted by molar-refractivity contribution is 5.89. The third-order valence-electron chi connectivity index (χ3n) is 7.15. The minimum atomic E-state index is -0.381. The fourth-order valence-corrected chi connectivity index (χ4v) is 5.35. The molecule has 2 saturated heterocycles. The zero-order valence-corrected chi connectivity index (χ0v) is 20.1. The van der Waals surface area contributed by atoms with Gasteiger partial charge in [-0.15, -0.1) is 0 Å². The van der Waals surface area contributed by atoms with E-state index in [2.05, 4.69) is 34.2 Å². The summed E-state index contributed by atoms with van der Waals surface area (Å²) in [7, 11) is 0. The van der Waals surface area contributed by atoms with E-state index < -0.39 is 0 Å².